The average molecular weight is 911 g/mol. The molecule has 5 aromatic rings. The number of nitrogens with zero attached hydrogens (tertiary/aromatic N) is 2. The largest absolute Gasteiger partial charge is 0.502 e. The number of hydrogen-bond acceptors (Lipinski definition) is 13. The molecule has 0 aliphatic carbocycles. The standard InChI is InChI=1S/C44H46N8O14/c1-23-6-5-7-24(2)40(23)44(63)66-21-36(54)31(18-39(58)59)50-43(62)33(17-27-20-45-22-47-27)51-41(60)30(11-13-38(56)57)49-42(61)32(16-26-19-46-29-9-4-3-8-28(26)29)48-37(55)15-25-10-12-35(53)34(14-25)52(64)65/h3-10,12,14,19-20,22,30-33,46,53H,11,13,15-18,21H2,1-2H3,(H,45,47)(H,48,55)(H,49,61)(H,50,62)(H,51,60)(H,56,57)(H,58,59)/t30-,31-,32-,33-/m0/s1. The number of aromatic hydroxyl groups is 1. The van der Waals surface area contributed by atoms with Crippen molar-refractivity contribution in [1.29, 1.82) is 0 Å². The second kappa shape index (κ2) is 22.3. The third-order valence-corrected chi connectivity index (χ3v) is 10.4. The summed E-state index contributed by atoms with van der Waals surface area (Å²) in [5.74, 6) is -9.25. The van der Waals surface area contributed by atoms with Gasteiger partial charge >= 0.3 is 23.6 Å². The number of H-pyrrole nitrogens is 2. The van der Waals surface area contributed by atoms with Crippen LogP contribution in [0, 0.1) is 24.0 Å². The van der Waals surface area contributed by atoms with E-state index < -0.39 is 120 Å². The number of amides is 4. The number of hydrogen-bond donors (Lipinski definition) is 9. The van der Waals surface area contributed by atoms with E-state index in [1.54, 1.807) is 62.5 Å². The van der Waals surface area contributed by atoms with Crippen molar-refractivity contribution in [3.05, 3.63) is 123 Å². The maximum Gasteiger partial charge on any atom is 0.339 e. The first-order chi connectivity index (χ1) is 31.4. The van der Waals surface area contributed by atoms with E-state index in [0.29, 0.717) is 27.6 Å². The smallest absolute Gasteiger partial charge is 0.339 e. The number of phenolic OH excluding ortho intramolecular Hbond substituents is 1. The number of fused-ring (bicyclic) bond motifs is 1. The van der Waals surface area contributed by atoms with Gasteiger partial charge < -0.3 is 51.3 Å². The maximum atomic E-state index is 14.2. The average Bonchev–Trinajstić information content (AvgIpc) is 3.93. The fourth-order valence-corrected chi connectivity index (χ4v) is 7.03. The molecule has 346 valence electrons. The lowest BCUT2D eigenvalue weighted by Gasteiger charge is -2.26. The molecule has 0 spiro atoms. The van der Waals surface area contributed by atoms with Crippen LogP contribution in [0.4, 0.5) is 5.69 Å². The number of phenols is 1. The van der Waals surface area contributed by atoms with E-state index in [4.69, 9.17) is 4.74 Å². The van der Waals surface area contributed by atoms with Crippen molar-refractivity contribution in [1.82, 2.24) is 36.2 Å². The summed E-state index contributed by atoms with van der Waals surface area (Å²) in [6.07, 6.45) is 1.08. The van der Waals surface area contributed by atoms with Crippen molar-refractivity contribution >= 4 is 63.9 Å². The highest BCUT2D eigenvalue weighted by atomic mass is 16.6. The quantitative estimate of drug-likeness (QED) is 0.0257. The number of nitro benzene ring substituents is 1. The van der Waals surface area contributed by atoms with Gasteiger partial charge in [0.2, 0.25) is 23.6 Å². The van der Waals surface area contributed by atoms with Gasteiger partial charge in [0.05, 0.1) is 29.7 Å². The third-order valence-electron chi connectivity index (χ3n) is 10.4. The number of ketones is 1. The summed E-state index contributed by atoms with van der Waals surface area (Å²) in [5.41, 5.74) is 2.32. The zero-order chi connectivity index (χ0) is 48.1. The Bertz CT molecular complexity index is 2620. The van der Waals surface area contributed by atoms with Crippen LogP contribution in [0.2, 0.25) is 0 Å². The Labute approximate surface area is 374 Å². The van der Waals surface area contributed by atoms with Gasteiger partial charge in [-0.3, -0.25) is 43.7 Å². The summed E-state index contributed by atoms with van der Waals surface area (Å²) in [5, 5.41) is 51.0. The van der Waals surface area contributed by atoms with Crippen molar-refractivity contribution in [2.45, 2.75) is 76.5 Å². The van der Waals surface area contributed by atoms with E-state index >= 15 is 0 Å². The van der Waals surface area contributed by atoms with Crippen molar-refractivity contribution < 1.29 is 63.3 Å². The van der Waals surface area contributed by atoms with Gasteiger partial charge in [0.1, 0.15) is 24.2 Å². The van der Waals surface area contributed by atoms with Crippen LogP contribution in [0.15, 0.2) is 79.4 Å². The van der Waals surface area contributed by atoms with Gasteiger partial charge in [-0.05, 0) is 54.7 Å². The zero-order valence-electron chi connectivity index (χ0n) is 35.5. The maximum absolute atomic E-state index is 14.2. The molecule has 3 aromatic carbocycles. The number of rotatable bonds is 23. The first kappa shape index (κ1) is 48.6. The van der Waals surface area contributed by atoms with Gasteiger partial charge in [-0.25, -0.2) is 9.78 Å². The number of esters is 1. The molecule has 22 nitrogen and oxygen atoms in total. The Morgan fingerprint density at radius 2 is 1.44 bits per heavy atom. The number of ether oxygens (including phenoxy) is 1. The van der Waals surface area contributed by atoms with E-state index in [9.17, 15) is 63.8 Å². The number of nitro groups is 1. The van der Waals surface area contributed by atoms with Crippen molar-refractivity contribution in [2.24, 2.45) is 0 Å². The van der Waals surface area contributed by atoms with Crippen LogP contribution < -0.4 is 21.3 Å². The lowest BCUT2D eigenvalue weighted by Crippen LogP contribution is -2.58. The van der Waals surface area contributed by atoms with Crippen LogP contribution in [-0.2, 0) is 57.6 Å². The van der Waals surface area contributed by atoms with Crippen LogP contribution >= 0.6 is 0 Å². The molecule has 22 heteroatoms. The third kappa shape index (κ3) is 13.3. The molecule has 0 radical (unpaired) electrons. The number of carbonyl (C=O) groups is 8. The fourth-order valence-electron chi connectivity index (χ4n) is 7.03. The fraction of sp³-hybridized carbons (Fsp3) is 0.295. The molecule has 0 saturated heterocycles. The summed E-state index contributed by atoms with van der Waals surface area (Å²) in [6, 6.07) is 8.91. The van der Waals surface area contributed by atoms with Gasteiger partial charge in [-0.2, -0.15) is 0 Å². The van der Waals surface area contributed by atoms with Crippen LogP contribution in [0.1, 0.15) is 57.6 Å². The normalized spacial score (nSPS) is 12.8. The lowest BCUT2D eigenvalue weighted by molar-refractivity contribution is -0.385. The van der Waals surface area contributed by atoms with Crippen molar-refractivity contribution in [3.63, 3.8) is 0 Å². The number of nitrogens with one attached hydrogen (secondary N) is 6. The number of carbonyl (C=O) groups excluding carboxylic acids is 6. The Morgan fingerprint density at radius 3 is 2.09 bits per heavy atom. The molecular formula is C44H46N8O14. The number of Topliss-reactive ketones (excluding diaryl/α,β-unsaturated/α-hetero) is 1. The first-order valence-electron chi connectivity index (χ1n) is 20.3. The minimum absolute atomic E-state index is 0.120. The topological polar surface area (TPSA) is 342 Å². The number of aliphatic carboxylic acids is 2. The minimum atomic E-state index is -1.76. The molecule has 0 aliphatic rings. The Kier molecular flexibility index (Phi) is 16.4. The summed E-state index contributed by atoms with van der Waals surface area (Å²) < 4.78 is 5.20. The van der Waals surface area contributed by atoms with Gasteiger partial charge in [-0.15, -0.1) is 0 Å². The Hall–Kier alpha value is -8.43. The molecule has 66 heavy (non-hydrogen) atoms. The number of para-hydroxylation sites is 1. The van der Waals surface area contributed by atoms with Crippen molar-refractivity contribution in [2.75, 3.05) is 6.61 Å². The number of aromatic amines is 2. The number of benzene rings is 3. The molecule has 0 saturated carbocycles. The second-order valence-electron chi connectivity index (χ2n) is 15.2. The number of carboxylic acids is 2. The van der Waals surface area contributed by atoms with Crippen LogP contribution in [0.25, 0.3) is 10.9 Å². The van der Waals surface area contributed by atoms with Crippen molar-refractivity contribution in [3.8, 4) is 5.75 Å². The van der Waals surface area contributed by atoms with E-state index in [-0.39, 0.29) is 29.7 Å². The highest BCUT2D eigenvalue weighted by Gasteiger charge is 2.34. The van der Waals surface area contributed by atoms with E-state index in [1.807, 2.05) is 0 Å². The monoisotopic (exact) mass is 910 g/mol. The SMILES string of the molecule is Cc1cccc(C)c1C(=O)OCC(=O)[C@H](CC(=O)O)NC(=O)[C@H](Cc1cnc[nH]1)NC(=O)[C@H](CCC(=O)O)NC(=O)[C@H](Cc1c[nH]c2ccccc12)NC(=O)Cc1ccc(O)c([N+](=O)[O-])c1. The van der Waals surface area contributed by atoms with Gasteiger partial charge in [0.15, 0.2) is 18.1 Å². The summed E-state index contributed by atoms with van der Waals surface area (Å²) in [6.45, 7) is 2.40. The highest BCUT2D eigenvalue weighted by molar-refractivity contribution is 5.99. The lowest BCUT2D eigenvalue weighted by atomic mass is 10.0. The number of imidazole rings is 1. The summed E-state index contributed by atoms with van der Waals surface area (Å²) in [4.78, 5) is 126. The van der Waals surface area contributed by atoms with E-state index in [0.717, 1.165) is 12.1 Å². The molecule has 4 amide bonds. The van der Waals surface area contributed by atoms with Crippen LogP contribution in [0.5, 0.6) is 5.75 Å². The molecule has 4 atom stereocenters. The Balaban J connectivity index is 1.37. The molecular weight excluding hydrogens is 865 g/mol. The van der Waals surface area contributed by atoms with E-state index in [1.165, 1.54) is 18.6 Å². The predicted octanol–water partition coefficient (Wildman–Crippen LogP) is 1.85. The molecule has 0 fully saturated rings. The molecule has 0 aliphatic heterocycles. The molecule has 0 unspecified atom stereocenters. The summed E-state index contributed by atoms with van der Waals surface area (Å²) >= 11 is 0. The van der Waals surface area contributed by atoms with Crippen LogP contribution in [0.3, 0.4) is 0 Å². The Morgan fingerprint density at radius 1 is 0.788 bits per heavy atom. The zero-order valence-corrected chi connectivity index (χ0v) is 35.5. The number of aryl methyl sites for hydroxylation is 2. The second-order valence-corrected chi connectivity index (χ2v) is 15.2. The first-order valence-corrected chi connectivity index (χ1v) is 20.3. The number of aromatic nitrogens is 3. The van der Waals surface area contributed by atoms with Gasteiger partial charge in [0.25, 0.3) is 0 Å². The molecule has 5 rings (SSSR count). The van der Waals surface area contributed by atoms with E-state index in [2.05, 4.69) is 36.2 Å². The van der Waals surface area contributed by atoms with Gasteiger partial charge in [-0.1, -0.05) is 42.5 Å². The van der Waals surface area contributed by atoms with Crippen LogP contribution in [-0.4, -0.2) is 113 Å². The minimum Gasteiger partial charge on any atom is -0.502 e. The molecule has 2 aromatic heterocycles. The highest BCUT2D eigenvalue weighted by Crippen LogP contribution is 2.27. The molecule has 2 heterocycles. The number of carboxylic acid groups (broad SMARTS) is 2. The van der Waals surface area contributed by atoms with Gasteiger partial charge in [0, 0.05) is 54.3 Å². The molecule has 9 N–H and O–H groups in total. The predicted molar refractivity (Wildman–Crippen MR) is 231 cm³/mol. The summed E-state index contributed by atoms with van der Waals surface area (Å²) in [7, 11) is 0. The molecule has 0 bridgehead atoms.